The van der Waals surface area contributed by atoms with Crippen molar-refractivity contribution in [2.75, 3.05) is 10.5 Å². The number of benzene rings is 2. The summed E-state index contributed by atoms with van der Waals surface area (Å²) >= 11 is 3.32. The van der Waals surface area contributed by atoms with Gasteiger partial charge in [-0.2, -0.15) is 0 Å². The number of anilines is 2. The van der Waals surface area contributed by atoms with Gasteiger partial charge in [0.1, 0.15) is 0 Å². The Kier molecular flexibility index (Phi) is 4.06. The summed E-state index contributed by atoms with van der Waals surface area (Å²) in [5.74, 6) is 0. The van der Waals surface area contributed by atoms with Crippen LogP contribution < -0.4 is 10.5 Å². The predicted octanol–water partition coefficient (Wildman–Crippen LogP) is 3.45. The van der Waals surface area contributed by atoms with Crippen molar-refractivity contribution in [3.05, 3.63) is 52.0 Å². The molecular formula is C14H15BrN2O2S. The van der Waals surface area contributed by atoms with Gasteiger partial charge in [0.2, 0.25) is 0 Å². The number of para-hydroxylation sites is 1. The molecule has 2 aromatic carbocycles. The highest BCUT2D eigenvalue weighted by molar-refractivity contribution is 9.10. The highest BCUT2D eigenvalue weighted by Gasteiger charge is 2.21. The van der Waals surface area contributed by atoms with Crippen LogP contribution in [0.3, 0.4) is 0 Å². The van der Waals surface area contributed by atoms with E-state index in [9.17, 15) is 8.42 Å². The molecule has 2 rings (SSSR count). The van der Waals surface area contributed by atoms with Gasteiger partial charge in [-0.3, -0.25) is 4.72 Å². The topological polar surface area (TPSA) is 72.2 Å². The molecule has 0 heterocycles. The lowest BCUT2D eigenvalue weighted by atomic mass is 10.1. The van der Waals surface area contributed by atoms with Crippen molar-refractivity contribution in [3.63, 3.8) is 0 Å². The Hall–Kier alpha value is -1.53. The summed E-state index contributed by atoms with van der Waals surface area (Å²) in [5, 5.41) is 0. The first kappa shape index (κ1) is 14.9. The molecule has 0 unspecified atom stereocenters. The zero-order chi connectivity index (χ0) is 14.9. The molecule has 20 heavy (non-hydrogen) atoms. The van der Waals surface area contributed by atoms with Crippen LogP contribution in [0.1, 0.15) is 11.1 Å². The minimum atomic E-state index is -3.68. The Labute approximate surface area is 127 Å². The molecule has 0 spiro atoms. The SMILES string of the molecule is Cc1ccc(N)c(C)c1S(=O)(=O)Nc1ccccc1Br. The van der Waals surface area contributed by atoms with Crippen molar-refractivity contribution < 1.29 is 8.42 Å². The van der Waals surface area contributed by atoms with Gasteiger partial charge in [-0.15, -0.1) is 0 Å². The zero-order valence-electron chi connectivity index (χ0n) is 11.1. The summed E-state index contributed by atoms with van der Waals surface area (Å²) in [5.41, 5.74) is 7.99. The third-order valence-electron chi connectivity index (χ3n) is 3.03. The van der Waals surface area contributed by atoms with E-state index in [1.165, 1.54) is 0 Å². The van der Waals surface area contributed by atoms with Gasteiger partial charge in [-0.1, -0.05) is 18.2 Å². The van der Waals surface area contributed by atoms with Gasteiger partial charge < -0.3 is 5.73 Å². The van der Waals surface area contributed by atoms with Crippen LogP contribution in [0.2, 0.25) is 0 Å². The van der Waals surface area contributed by atoms with E-state index in [-0.39, 0.29) is 4.90 Å². The van der Waals surface area contributed by atoms with Crippen LogP contribution in [0.25, 0.3) is 0 Å². The molecule has 0 aromatic heterocycles. The molecule has 0 radical (unpaired) electrons. The maximum atomic E-state index is 12.6. The van der Waals surface area contributed by atoms with E-state index in [0.29, 0.717) is 27.0 Å². The van der Waals surface area contributed by atoms with Crippen LogP contribution >= 0.6 is 15.9 Å². The summed E-state index contributed by atoms with van der Waals surface area (Å²) in [6.45, 7) is 3.46. The molecule has 0 fully saturated rings. The van der Waals surface area contributed by atoms with Crippen LogP contribution in [0.5, 0.6) is 0 Å². The number of aryl methyl sites for hydroxylation is 1. The van der Waals surface area contributed by atoms with Gasteiger partial charge in [0, 0.05) is 10.2 Å². The molecule has 0 bridgehead atoms. The first-order chi connectivity index (χ1) is 9.33. The summed E-state index contributed by atoms with van der Waals surface area (Å²) < 4.78 is 28.4. The van der Waals surface area contributed by atoms with E-state index in [4.69, 9.17) is 5.73 Å². The average Bonchev–Trinajstić information content (AvgIpc) is 2.37. The third kappa shape index (κ3) is 2.81. The van der Waals surface area contributed by atoms with Gasteiger partial charge in [-0.25, -0.2) is 8.42 Å². The maximum Gasteiger partial charge on any atom is 0.262 e. The third-order valence-corrected chi connectivity index (χ3v) is 5.38. The van der Waals surface area contributed by atoms with E-state index in [1.54, 1.807) is 44.2 Å². The van der Waals surface area contributed by atoms with E-state index in [2.05, 4.69) is 20.7 Å². The lowest BCUT2D eigenvalue weighted by Gasteiger charge is -2.15. The van der Waals surface area contributed by atoms with E-state index in [1.807, 2.05) is 6.07 Å². The molecular weight excluding hydrogens is 340 g/mol. The van der Waals surface area contributed by atoms with Crippen molar-refractivity contribution in [2.45, 2.75) is 18.7 Å². The van der Waals surface area contributed by atoms with Gasteiger partial charge in [0.15, 0.2) is 0 Å². The first-order valence-electron chi connectivity index (χ1n) is 5.96. The summed E-state index contributed by atoms with van der Waals surface area (Å²) in [4.78, 5) is 0.230. The van der Waals surface area contributed by atoms with E-state index < -0.39 is 10.0 Å². The van der Waals surface area contributed by atoms with Crippen LogP contribution in [-0.4, -0.2) is 8.42 Å². The molecule has 4 nitrogen and oxygen atoms in total. The molecule has 2 aromatic rings. The van der Waals surface area contributed by atoms with Gasteiger partial charge in [-0.05, 0) is 59.1 Å². The highest BCUT2D eigenvalue weighted by atomic mass is 79.9. The second-order valence-electron chi connectivity index (χ2n) is 4.51. The minimum absolute atomic E-state index is 0.230. The molecule has 0 aliphatic heterocycles. The van der Waals surface area contributed by atoms with Crippen LogP contribution in [0.4, 0.5) is 11.4 Å². The second-order valence-corrected chi connectivity index (χ2v) is 6.98. The van der Waals surface area contributed by atoms with E-state index >= 15 is 0 Å². The number of halogens is 1. The Morgan fingerprint density at radius 1 is 1.10 bits per heavy atom. The Morgan fingerprint density at radius 2 is 1.75 bits per heavy atom. The molecule has 0 saturated heterocycles. The number of hydrogen-bond donors (Lipinski definition) is 2. The Bertz CT molecular complexity index is 758. The smallest absolute Gasteiger partial charge is 0.262 e. The predicted molar refractivity (Wildman–Crippen MR) is 85.3 cm³/mol. The summed E-state index contributed by atoms with van der Waals surface area (Å²) in [7, 11) is -3.68. The fraction of sp³-hybridized carbons (Fsp3) is 0.143. The highest BCUT2D eigenvalue weighted by Crippen LogP contribution is 2.29. The van der Waals surface area contributed by atoms with Gasteiger partial charge in [0.05, 0.1) is 10.6 Å². The molecule has 106 valence electrons. The molecule has 0 amide bonds. The van der Waals surface area contributed by atoms with Crippen LogP contribution in [0, 0.1) is 13.8 Å². The lowest BCUT2D eigenvalue weighted by molar-refractivity contribution is 0.600. The van der Waals surface area contributed by atoms with Crippen molar-refractivity contribution in [1.82, 2.24) is 0 Å². The second kappa shape index (κ2) is 5.46. The first-order valence-corrected chi connectivity index (χ1v) is 8.23. The monoisotopic (exact) mass is 354 g/mol. The number of rotatable bonds is 3. The quantitative estimate of drug-likeness (QED) is 0.829. The largest absolute Gasteiger partial charge is 0.398 e. The standard InChI is InChI=1S/C14H15BrN2O2S/c1-9-7-8-12(16)10(2)14(9)20(18,19)17-13-6-4-3-5-11(13)15/h3-8,17H,16H2,1-2H3. The summed E-state index contributed by atoms with van der Waals surface area (Å²) in [6, 6.07) is 10.5. The minimum Gasteiger partial charge on any atom is -0.398 e. The average molecular weight is 355 g/mol. The van der Waals surface area contributed by atoms with Crippen molar-refractivity contribution >= 4 is 37.3 Å². The fourth-order valence-corrected chi connectivity index (χ4v) is 4.09. The molecule has 0 atom stereocenters. The molecule has 0 aliphatic carbocycles. The van der Waals surface area contributed by atoms with Crippen molar-refractivity contribution in [2.24, 2.45) is 0 Å². The lowest BCUT2D eigenvalue weighted by Crippen LogP contribution is -2.16. The molecule has 3 N–H and O–H groups in total. The van der Waals surface area contributed by atoms with Crippen LogP contribution in [-0.2, 0) is 10.0 Å². The number of nitrogens with one attached hydrogen (secondary N) is 1. The van der Waals surface area contributed by atoms with E-state index in [0.717, 1.165) is 0 Å². The van der Waals surface area contributed by atoms with Crippen LogP contribution in [0.15, 0.2) is 45.8 Å². The number of nitrogen functional groups attached to an aromatic ring is 1. The zero-order valence-corrected chi connectivity index (χ0v) is 13.5. The molecule has 6 heteroatoms. The van der Waals surface area contributed by atoms with Gasteiger partial charge >= 0.3 is 0 Å². The number of sulfonamides is 1. The number of nitrogens with two attached hydrogens (primary N) is 1. The molecule has 0 saturated carbocycles. The van der Waals surface area contributed by atoms with Crippen molar-refractivity contribution in [1.29, 1.82) is 0 Å². The maximum absolute atomic E-state index is 12.6. The fourth-order valence-electron chi connectivity index (χ4n) is 2.00. The number of hydrogen-bond acceptors (Lipinski definition) is 3. The Morgan fingerprint density at radius 3 is 2.40 bits per heavy atom. The Balaban J connectivity index is 2.52. The van der Waals surface area contributed by atoms with Gasteiger partial charge in [0.25, 0.3) is 10.0 Å². The van der Waals surface area contributed by atoms with Crippen molar-refractivity contribution in [3.8, 4) is 0 Å². The molecule has 0 aliphatic rings. The normalized spacial score (nSPS) is 11.3. The summed E-state index contributed by atoms with van der Waals surface area (Å²) in [6.07, 6.45) is 0.